The van der Waals surface area contributed by atoms with Gasteiger partial charge in [-0.3, -0.25) is 9.59 Å². The van der Waals surface area contributed by atoms with Gasteiger partial charge in [-0.05, 0) is 12.1 Å². The first-order valence-corrected chi connectivity index (χ1v) is 5.29. The van der Waals surface area contributed by atoms with E-state index in [1.165, 1.54) is 12.1 Å². The zero-order valence-electron chi connectivity index (χ0n) is 9.35. The fourth-order valence-electron chi connectivity index (χ4n) is 1.62. The van der Waals surface area contributed by atoms with E-state index in [1.807, 2.05) is 0 Å². The minimum Gasteiger partial charge on any atom is -0.478 e. The summed E-state index contributed by atoms with van der Waals surface area (Å²) in [4.78, 5) is 22.5. The first-order chi connectivity index (χ1) is 8.47. The maximum absolute atomic E-state index is 12.9. The second-order valence-corrected chi connectivity index (χ2v) is 3.98. The first-order valence-electron chi connectivity index (χ1n) is 5.29. The van der Waals surface area contributed by atoms with Crippen LogP contribution in [-0.2, 0) is 9.59 Å². The van der Waals surface area contributed by atoms with Gasteiger partial charge in [0.15, 0.2) is 6.10 Å². The lowest BCUT2D eigenvalue weighted by atomic mass is 10.1. The third-order valence-electron chi connectivity index (χ3n) is 2.59. The third-order valence-corrected chi connectivity index (χ3v) is 2.59. The highest BCUT2D eigenvalue weighted by Crippen LogP contribution is 2.30. The van der Waals surface area contributed by atoms with Gasteiger partial charge < -0.3 is 21.5 Å². The molecule has 2 atom stereocenters. The van der Waals surface area contributed by atoms with E-state index >= 15 is 0 Å². The maximum Gasteiger partial charge on any atom is 0.265 e. The Morgan fingerprint density at radius 2 is 2.28 bits per heavy atom. The molecule has 0 aliphatic carbocycles. The van der Waals surface area contributed by atoms with Crippen molar-refractivity contribution in [2.45, 2.75) is 18.6 Å². The first kappa shape index (κ1) is 12.3. The average molecular weight is 253 g/mol. The van der Waals surface area contributed by atoms with Crippen molar-refractivity contribution < 1.29 is 18.7 Å². The molecule has 0 bridgehead atoms. The number of hydrogen-bond acceptors (Lipinski definition) is 4. The Morgan fingerprint density at radius 3 is 2.94 bits per heavy atom. The maximum atomic E-state index is 12.9. The lowest BCUT2D eigenvalue weighted by Crippen LogP contribution is -2.45. The van der Waals surface area contributed by atoms with Gasteiger partial charge in [-0.1, -0.05) is 0 Å². The summed E-state index contributed by atoms with van der Waals surface area (Å²) in [6.07, 6.45) is -0.941. The van der Waals surface area contributed by atoms with E-state index in [4.69, 9.17) is 16.2 Å². The molecule has 1 aromatic rings. The van der Waals surface area contributed by atoms with Crippen molar-refractivity contribution in [1.29, 1.82) is 0 Å². The Balaban J connectivity index is 2.16. The van der Waals surface area contributed by atoms with Crippen LogP contribution in [0, 0.1) is 5.82 Å². The number of carbonyl (C=O) groups excluding carboxylic acids is 2. The Bertz CT molecular complexity index is 506. The predicted octanol–water partition coefficient (Wildman–Crippen LogP) is -0.272. The number of primary amides is 1. The van der Waals surface area contributed by atoms with E-state index in [-0.39, 0.29) is 12.1 Å². The standard InChI is InChI=1S/C11H12FN3O3/c12-5-1-2-8-7(3-5)15-11(17)9(18-8)4-6(13)10(14)16/h1-3,6,9H,4,13H2,(H2,14,16)(H,15,17). The number of nitrogens with two attached hydrogens (primary N) is 2. The van der Waals surface area contributed by atoms with E-state index in [0.717, 1.165) is 6.07 Å². The molecule has 2 unspecified atom stereocenters. The highest BCUT2D eigenvalue weighted by Gasteiger charge is 2.30. The topological polar surface area (TPSA) is 107 Å². The SMILES string of the molecule is NC(=O)C(N)CC1Oc2ccc(F)cc2NC1=O. The van der Waals surface area contributed by atoms with E-state index in [2.05, 4.69) is 5.32 Å². The van der Waals surface area contributed by atoms with Gasteiger partial charge in [-0.15, -0.1) is 0 Å². The summed E-state index contributed by atoms with van der Waals surface area (Å²) in [5.41, 5.74) is 10.7. The van der Waals surface area contributed by atoms with Gasteiger partial charge in [-0.2, -0.15) is 0 Å². The van der Waals surface area contributed by atoms with Gasteiger partial charge in [0, 0.05) is 12.5 Å². The van der Waals surface area contributed by atoms with Crippen molar-refractivity contribution in [2.24, 2.45) is 11.5 Å². The van der Waals surface area contributed by atoms with Crippen LogP contribution >= 0.6 is 0 Å². The van der Waals surface area contributed by atoms with Crippen LogP contribution in [0.4, 0.5) is 10.1 Å². The van der Waals surface area contributed by atoms with Crippen molar-refractivity contribution in [3.05, 3.63) is 24.0 Å². The number of hydrogen-bond donors (Lipinski definition) is 3. The number of halogens is 1. The summed E-state index contributed by atoms with van der Waals surface area (Å²) >= 11 is 0. The van der Waals surface area contributed by atoms with Gasteiger partial charge in [0.2, 0.25) is 5.91 Å². The molecular weight excluding hydrogens is 241 g/mol. The van der Waals surface area contributed by atoms with Crippen molar-refractivity contribution in [3.8, 4) is 5.75 Å². The third kappa shape index (κ3) is 2.40. The van der Waals surface area contributed by atoms with Crippen molar-refractivity contribution in [1.82, 2.24) is 0 Å². The van der Waals surface area contributed by atoms with E-state index in [0.29, 0.717) is 5.75 Å². The van der Waals surface area contributed by atoms with Crippen molar-refractivity contribution in [2.75, 3.05) is 5.32 Å². The zero-order chi connectivity index (χ0) is 13.3. The van der Waals surface area contributed by atoms with E-state index < -0.39 is 29.8 Å². The Hall–Kier alpha value is -2.15. The molecule has 18 heavy (non-hydrogen) atoms. The van der Waals surface area contributed by atoms with Crippen molar-refractivity contribution >= 4 is 17.5 Å². The molecule has 1 aromatic carbocycles. The minimum absolute atomic E-state index is 0.0298. The number of nitrogens with one attached hydrogen (secondary N) is 1. The van der Waals surface area contributed by atoms with Crippen LogP contribution in [0.1, 0.15) is 6.42 Å². The zero-order valence-corrected chi connectivity index (χ0v) is 9.35. The normalized spacial score (nSPS) is 19.4. The van der Waals surface area contributed by atoms with Crippen LogP contribution in [0.15, 0.2) is 18.2 Å². The van der Waals surface area contributed by atoms with Crippen LogP contribution in [0.25, 0.3) is 0 Å². The van der Waals surface area contributed by atoms with Gasteiger partial charge in [0.05, 0.1) is 11.7 Å². The van der Waals surface area contributed by atoms with Crippen molar-refractivity contribution in [3.63, 3.8) is 0 Å². The predicted molar refractivity (Wildman–Crippen MR) is 61.2 cm³/mol. The number of fused-ring (bicyclic) bond motifs is 1. The second kappa shape index (κ2) is 4.61. The molecule has 1 aliphatic rings. The summed E-state index contributed by atoms with van der Waals surface area (Å²) in [6.45, 7) is 0. The van der Waals surface area contributed by atoms with Crippen LogP contribution in [-0.4, -0.2) is 24.0 Å². The van der Waals surface area contributed by atoms with Gasteiger partial charge in [0.1, 0.15) is 11.6 Å². The highest BCUT2D eigenvalue weighted by molar-refractivity contribution is 5.98. The quantitative estimate of drug-likeness (QED) is 0.689. The molecule has 1 heterocycles. The number of anilines is 1. The molecule has 1 aliphatic heterocycles. The molecule has 5 N–H and O–H groups in total. The molecule has 0 radical (unpaired) electrons. The Morgan fingerprint density at radius 1 is 1.56 bits per heavy atom. The van der Waals surface area contributed by atoms with Crippen LogP contribution in [0.2, 0.25) is 0 Å². The van der Waals surface area contributed by atoms with Gasteiger partial charge >= 0.3 is 0 Å². The number of amides is 2. The number of rotatable bonds is 3. The average Bonchev–Trinajstić information content (AvgIpc) is 2.30. The number of benzene rings is 1. The Kier molecular flexibility index (Phi) is 3.15. The summed E-state index contributed by atoms with van der Waals surface area (Å²) < 4.78 is 18.3. The van der Waals surface area contributed by atoms with Gasteiger partial charge in [0.25, 0.3) is 5.91 Å². The highest BCUT2D eigenvalue weighted by atomic mass is 19.1. The second-order valence-electron chi connectivity index (χ2n) is 3.98. The molecule has 96 valence electrons. The fourth-order valence-corrected chi connectivity index (χ4v) is 1.62. The largest absolute Gasteiger partial charge is 0.478 e. The lowest BCUT2D eigenvalue weighted by Gasteiger charge is -2.26. The molecule has 0 aromatic heterocycles. The van der Waals surface area contributed by atoms with E-state index in [1.54, 1.807) is 0 Å². The van der Waals surface area contributed by atoms with Crippen LogP contribution < -0.4 is 21.5 Å². The molecule has 0 fully saturated rings. The molecule has 0 saturated heterocycles. The lowest BCUT2D eigenvalue weighted by molar-refractivity contribution is -0.125. The van der Waals surface area contributed by atoms with Crippen LogP contribution in [0.5, 0.6) is 5.75 Å². The van der Waals surface area contributed by atoms with E-state index in [9.17, 15) is 14.0 Å². The summed E-state index contributed by atoms with van der Waals surface area (Å²) in [6, 6.07) is 2.79. The smallest absolute Gasteiger partial charge is 0.265 e. The summed E-state index contributed by atoms with van der Waals surface area (Å²) in [5.74, 6) is -1.34. The van der Waals surface area contributed by atoms with Crippen LogP contribution in [0.3, 0.4) is 0 Å². The summed E-state index contributed by atoms with van der Waals surface area (Å²) in [7, 11) is 0. The molecule has 2 rings (SSSR count). The molecule has 6 nitrogen and oxygen atoms in total. The fraction of sp³-hybridized carbons (Fsp3) is 0.273. The van der Waals surface area contributed by atoms with Gasteiger partial charge in [-0.25, -0.2) is 4.39 Å². The molecule has 0 saturated carbocycles. The minimum atomic E-state index is -0.970. The number of carbonyl (C=O) groups is 2. The molecule has 0 spiro atoms. The monoisotopic (exact) mass is 253 g/mol. The molecular formula is C11H12FN3O3. The molecule has 2 amide bonds. The molecule has 7 heteroatoms. The summed E-state index contributed by atoms with van der Waals surface area (Å²) in [5, 5.41) is 2.48. The Labute approximate surface area is 102 Å². The number of ether oxygens (including phenoxy) is 1.